The van der Waals surface area contributed by atoms with Crippen LogP contribution >= 0.6 is 0 Å². The van der Waals surface area contributed by atoms with Crippen molar-refractivity contribution in [2.45, 2.75) is 6.42 Å². The Kier molecular flexibility index (Phi) is 5.26. The minimum absolute atomic E-state index is 0.381. The molecule has 25 heavy (non-hydrogen) atoms. The number of rotatable bonds is 7. The van der Waals surface area contributed by atoms with Crippen LogP contribution in [0.15, 0.2) is 60.8 Å². The number of ketones is 1. The van der Waals surface area contributed by atoms with E-state index in [2.05, 4.69) is 5.32 Å². The van der Waals surface area contributed by atoms with Gasteiger partial charge in [0.2, 0.25) is 0 Å². The SMILES string of the molecule is COCCCNC(=O)C(=O)c1c(-c2ccccc2)cc2ccccn12. The molecule has 0 saturated carbocycles. The summed E-state index contributed by atoms with van der Waals surface area (Å²) in [4.78, 5) is 25.1. The van der Waals surface area contributed by atoms with E-state index in [9.17, 15) is 9.59 Å². The largest absolute Gasteiger partial charge is 0.385 e. The van der Waals surface area contributed by atoms with Crippen LogP contribution in [0.5, 0.6) is 0 Å². The van der Waals surface area contributed by atoms with E-state index in [0.717, 1.165) is 16.6 Å². The Morgan fingerprint density at radius 1 is 1.08 bits per heavy atom. The predicted octanol–water partition coefficient (Wildman–Crippen LogP) is 2.94. The summed E-state index contributed by atoms with van der Waals surface area (Å²) in [5.74, 6) is -1.14. The van der Waals surface area contributed by atoms with E-state index in [0.29, 0.717) is 25.3 Å². The fourth-order valence-electron chi connectivity index (χ4n) is 2.80. The summed E-state index contributed by atoms with van der Waals surface area (Å²) in [5, 5.41) is 2.67. The number of benzene rings is 1. The number of carbonyl (C=O) groups excluding carboxylic acids is 2. The van der Waals surface area contributed by atoms with E-state index in [4.69, 9.17) is 4.74 Å². The van der Waals surface area contributed by atoms with Crippen LogP contribution in [-0.2, 0) is 9.53 Å². The zero-order valence-corrected chi connectivity index (χ0v) is 14.1. The second-order valence-corrected chi connectivity index (χ2v) is 5.70. The molecule has 0 radical (unpaired) electrons. The zero-order valence-electron chi connectivity index (χ0n) is 14.1. The van der Waals surface area contributed by atoms with E-state index in [-0.39, 0.29) is 0 Å². The average Bonchev–Trinajstić information content (AvgIpc) is 3.04. The second kappa shape index (κ2) is 7.77. The lowest BCUT2D eigenvalue weighted by Gasteiger charge is -2.07. The van der Waals surface area contributed by atoms with Crippen molar-refractivity contribution in [3.63, 3.8) is 0 Å². The van der Waals surface area contributed by atoms with Crippen molar-refractivity contribution in [2.75, 3.05) is 20.3 Å². The third-order valence-corrected chi connectivity index (χ3v) is 4.00. The first-order valence-electron chi connectivity index (χ1n) is 8.19. The van der Waals surface area contributed by atoms with Crippen LogP contribution in [0, 0.1) is 0 Å². The highest BCUT2D eigenvalue weighted by Crippen LogP contribution is 2.28. The number of hydrogen-bond acceptors (Lipinski definition) is 3. The summed E-state index contributed by atoms with van der Waals surface area (Å²) in [6, 6.07) is 17.2. The van der Waals surface area contributed by atoms with E-state index in [1.165, 1.54) is 0 Å². The van der Waals surface area contributed by atoms with Gasteiger partial charge in [0.05, 0.1) is 0 Å². The number of ether oxygens (including phenoxy) is 1. The normalized spacial score (nSPS) is 10.8. The Balaban J connectivity index is 1.96. The quantitative estimate of drug-likeness (QED) is 0.410. The number of nitrogens with zero attached hydrogens (tertiary/aromatic N) is 1. The third kappa shape index (κ3) is 3.61. The van der Waals surface area contributed by atoms with Crippen molar-refractivity contribution in [3.8, 4) is 11.1 Å². The lowest BCUT2D eigenvalue weighted by atomic mass is 10.0. The Morgan fingerprint density at radius 3 is 2.60 bits per heavy atom. The lowest BCUT2D eigenvalue weighted by molar-refractivity contribution is -0.117. The number of fused-ring (bicyclic) bond motifs is 1. The molecule has 0 fully saturated rings. The summed E-state index contributed by atoms with van der Waals surface area (Å²) < 4.78 is 6.71. The van der Waals surface area contributed by atoms with E-state index in [1.54, 1.807) is 17.7 Å². The Morgan fingerprint density at radius 2 is 1.84 bits per heavy atom. The molecule has 0 spiro atoms. The second-order valence-electron chi connectivity index (χ2n) is 5.70. The van der Waals surface area contributed by atoms with Gasteiger partial charge in [-0.2, -0.15) is 0 Å². The number of pyridine rings is 1. The van der Waals surface area contributed by atoms with Gasteiger partial charge < -0.3 is 14.5 Å². The van der Waals surface area contributed by atoms with Crippen LogP contribution in [0.3, 0.4) is 0 Å². The number of carbonyl (C=O) groups is 2. The topological polar surface area (TPSA) is 59.8 Å². The molecule has 0 atom stereocenters. The van der Waals surface area contributed by atoms with E-state index >= 15 is 0 Å². The van der Waals surface area contributed by atoms with Gasteiger partial charge in [0.1, 0.15) is 5.69 Å². The molecule has 2 aromatic heterocycles. The van der Waals surface area contributed by atoms with Crippen molar-refractivity contribution in [1.29, 1.82) is 0 Å². The Labute approximate surface area is 146 Å². The van der Waals surface area contributed by atoms with Gasteiger partial charge in [-0.1, -0.05) is 36.4 Å². The minimum atomic E-state index is -0.600. The fourth-order valence-corrected chi connectivity index (χ4v) is 2.80. The van der Waals surface area contributed by atoms with Gasteiger partial charge in [0.15, 0.2) is 0 Å². The van der Waals surface area contributed by atoms with Crippen LogP contribution in [0.4, 0.5) is 0 Å². The molecule has 0 bridgehead atoms. The van der Waals surface area contributed by atoms with Crippen LogP contribution in [0.1, 0.15) is 16.9 Å². The molecule has 1 amide bonds. The molecular formula is C20H20N2O3. The average molecular weight is 336 g/mol. The molecule has 0 aliphatic carbocycles. The van der Waals surface area contributed by atoms with Crippen molar-refractivity contribution < 1.29 is 14.3 Å². The van der Waals surface area contributed by atoms with E-state index in [1.807, 2.05) is 54.6 Å². The van der Waals surface area contributed by atoms with Gasteiger partial charge in [-0.05, 0) is 30.2 Å². The molecule has 1 aromatic carbocycles. The maximum absolute atomic E-state index is 12.8. The van der Waals surface area contributed by atoms with Gasteiger partial charge in [0, 0.05) is 37.5 Å². The standard InChI is InChI=1S/C20H20N2O3/c1-25-13-7-11-21-20(24)19(23)18-17(15-8-3-2-4-9-15)14-16-10-5-6-12-22(16)18/h2-6,8-10,12,14H,7,11,13H2,1H3,(H,21,24). The highest BCUT2D eigenvalue weighted by Gasteiger charge is 2.24. The molecule has 0 saturated heterocycles. The minimum Gasteiger partial charge on any atom is -0.385 e. The number of methoxy groups -OCH3 is 1. The first kappa shape index (κ1) is 16.9. The number of aromatic nitrogens is 1. The van der Waals surface area contributed by atoms with Gasteiger partial charge in [-0.25, -0.2) is 0 Å². The van der Waals surface area contributed by atoms with Crippen molar-refractivity contribution in [1.82, 2.24) is 9.72 Å². The van der Waals surface area contributed by atoms with Crippen LogP contribution in [-0.4, -0.2) is 36.4 Å². The molecule has 1 N–H and O–H groups in total. The van der Waals surface area contributed by atoms with Gasteiger partial charge in [-0.3, -0.25) is 9.59 Å². The molecule has 0 aliphatic rings. The number of Topliss-reactive ketones (excluding diaryl/α,β-unsaturated/α-hetero) is 1. The summed E-state index contributed by atoms with van der Waals surface area (Å²) in [7, 11) is 1.60. The molecule has 3 rings (SSSR count). The van der Waals surface area contributed by atoms with Gasteiger partial charge in [-0.15, -0.1) is 0 Å². The first-order valence-corrected chi connectivity index (χ1v) is 8.19. The van der Waals surface area contributed by atoms with Crippen LogP contribution < -0.4 is 5.32 Å². The first-order chi connectivity index (χ1) is 12.2. The predicted molar refractivity (Wildman–Crippen MR) is 96.7 cm³/mol. The molecule has 128 valence electrons. The molecule has 0 unspecified atom stereocenters. The van der Waals surface area contributed by atoms with Crippen molar-refractivity contribution >= 4 is 17.2 Å². The van der Waals surface area contributed by atoms with E-state index < -0.39 is 11.7 Å². The fraction of sp³-hybridized carbons (Fsp3) is 0.200. The monoisotopic (exact) mass is 336 g/mol. The summed E-state index contributed by atoms with van der Waals surface area (Å²) >= 11 is 0. The maximum Gasteiger partial charge on any atom is 0.294 e. The van der Waals surface area contributed by atoms with Crippen molar-refractivity contribution in [3.05, 3.63) is 66.5 Å². The lowest BCUT2D eigenvalue weighted by Crippen LogP contribution is -2.33. The van der Waals surface area contributed by atoms with Crippen LogP contribution in [0.2, 0.25) is 0 Å². The third-order valence-electron chi connectivity index (χ3n) is 4.00. The van der Waals surface area contributed by atoms with Crippen molar-refractivity contribution in [2.24, 2.45) is 0 Å². The number of hydrogen-bond donors (Lipinski definition) is 1. The smallest absolute Gasteiger partial charge is 0.294 e. The Hall–Kier alpha value is -2.92. The number of amides is 1. The summed E-state index contributed by atoms with van der Waals surface area (Å²) in [6.45, 7) is 0.945. The Bertz CT molecular complexity index is 884. The maximum atomic E-state index is 12.8. The molecule has 5 nitrogen and oxygen atoms in total. The molecule has 3 aromatic rings. The van der Waals surface area contributed by atoms with Gasteiger partial charge in [0.25, 0.3) is 11.7 Å². The molecular weight excluding hydrogens is 316 g/mol. The molecule has 0 aliphatic heterocycles. The highest BCUT2D eigenvalue weighted by atomic mass is 16.5. The molecule has 5 heteroatoms. The zero-order chi connectivity index (χ0) is 17.6. The van der Waals surface area contributed by atoms with Gasteiger partial charge >= 0.3 is 0 Å². The van der Waals surface area contributed by atoms with Crippen LogP contribution in [0.25, 0.3) is 16.6 Å². The molecule has 2 heterocycles. The highest BCUT2D eigenvalue weighted by molar-refractivity contribution is 6.43. The summed E-state index contributed by atoms with van der Waals surface area (Å²) in [6.07, 6.45) is 2.46. The number of nitrogens with one attached hydrogen (secondary N) is 1. The summed E-state index contributed by atoms with van der Waals surface area (Å²) in [5.41, 5.74) is 2.91.